The minimum Gasteiger partial charge on any atom is -0.390 e. The number of nitrogens with zero attached hydrogens (tertiary/aromatic N) is 1. The summed E-state index contributed by atoms with van der Waals surface area (Å²) < 4.78 is 0. The number of rotatable bonds is 2. The van der Waals surface area contributed by atoms with Crippen LogP contribution >= 0.6 is 23.2 Å². The highest BCUT2D eigenvalue weighted by Crippen LogP contribution is 2.21. The van der Waals surface area contributed by atoms with E-state index in [2.05, 4.69) is 4.99 Å². The Hall–Kier alpha value is -0.730. The quantitative estimate of drug-likeness (QED) is 0.581. The third-order valence-electron chi connectivity index (χ3n) is 1.38. The topological polar surface area (TPSA) is 38.4 Å². The largest absolute Gasteiger partial charge is 0.390 e. The van der Waals surface area contributed by atoms with Crippen LogP contribution in [0.4, 0.5) is 0 Å². The summed E-state index contributed by atoms with van der Waals surface area (Å²) in [7, 11) is 0. The molecule has 0 amide bonds. The maximum absolute atomic E-state index is 5.87. The van der Waals surface area contributed by atoms with Crippen molar-refractivity contribution in [2.45, 2.75) is 6.54 Å². The van der Waals surface area contributed by atoms with Gasteiger partial charge in [-0.25, -0.2) is 0 Å². The van der Waals surface area contributed by atoms with E-state index >= 15 is 0 Å². The van der Waals surface area contributed by atoms with E-state index in [0.29, 0.717) is 16.6 Å². The van der Waals surface area contributed by atoms with Gasteiger partial charge in [-0.15, -0.1) is 0 Å². The van der Waals surface area contributed by atoms with Gasteiger partial charge in [-0.2, -0.15) is 0 Å². The van der Waals surface area contributed by atoms with E-state index in [0.717, 1.165) is 5.56 Å². The minimum absolute atomic E-state index is 0.493. The summed E-state index contributed by atoms with van der Waals surface area (Å²) >= 11 is 11.6. The molecule has 64 valence electrons. The normalized spacial score (nSPS) is 10.8. The smallest absolute Gasteiger partial charge is 0.0801 e. The zero-order valence-corrected chi connectivity index (χ0v) is 7.81. The molecule has 0 aliphatic rings. The number of aliphatic imine (C=N–C) groups is 1. The highest BCUT2D eigenvalue weighted by molar-refractivity contribution is 6.35. The van der Waals surface area contributed by atoms with Crippen LogP contribution in [-0.2, 0) is 6.54 Å². The molecule has 0 radical (unpaired) electrons. The maximum Gasteiger partial charge on any atom is 0.0801 e. The van der Waals surface area contributed by atoms with Crippen molar-refractivity contribution >= 4 is 29.5 Å². The molecule has 2 nitrogen and oxygen atoms in total. The van der Waals surface area contributed by atoms with Crippen LogP contribution in [0.15, 0.2) is 23.2 Å². The van der Waals surface area contributed by atoms with Crippen LogP contribution in [0.25, 0.3) is 0 Å². The molecule has 1 rings (SSSR count). The molecule has 12 heavy (non-hydrogen) atoms. The molecule has 0 saturated carbocycles. The Balaban J connectivity index is 2.86. The van der Waals surface area contributed by atoms with E-state index in [-0.39, 0.29) is 0 Å². The Bertz CT molecular complexity index is 297. The lowest BCUT2D eigenvalue weighted by Gasteiger charge is -1.99. The first-order chi connectivity index (χ1) is 5.74. The molecule has 1 aromatic rings. The minimum atomic E-state index is 0.493. The van der Waals surface area contributed by atoms with Gasteiger partial charge >= 0.3 is 0 Å². The highest BCUT2D eigenvalue weighted by atomic mass is 35.5. The zero-order chi connectivity index (χ0) is 8.97. The van der Waals surface area contributed by atoms with E-state index < -0.39 is 0 Å². The second kappa shape index (κ2) is 4.33. The Morgan fingerprint density at radius 2 is 2.17 bits per heavy atom. The number of halogens is 2. The van der Waals surface area contributed by atoms with E-state index in [9.17, 15) is 0 Å². The van der Waals surface area contributed by atoms with Crippen molar-refractivity contribution in [2.24, 2.45) is 10.7 Å². The number of hydrogen-bond acceptors (Lipinski definition) is 1. The number of hydrogen-bond donors (Lipinski definition) is 1. The SMILES string of the molecule is NC=NCc1ccc(Cl)cc1Cl. The van der Waals surface area contributed by atoms with Gasteiger partial charge in [-0.05, 0) is 17.7 Å². The van der Waals surface area contributed by atoms with Gasteiger partial charge in [0.25, 0.3) is 0 Å². The average molecular weight is 203 g/mol. The Labute approximate surface area is 81.0 Å². The second-order valence-electron chi connectivity index (χ2n) is 2.23. The van der Waals surface area contributed by atoms with E-state index in [1.807, 2.05) is 6.07 Å². The van der Waals surface area contributed by atoms with Gasteiger partial charge in [0.05, 0.1) is 12.9 Å². The van der Waals surface area contributed by atoms with Crippen LogP contribution < -0.4 is 5.73 Å². The predicted octanol–water partition coefficient (Wildman–Crippen LogP) is 2.48. The summed E-state index contributed by atoms with van der Waals surface area (Å²) in [5.74, 6) is 0. The number of benzene rings is 1. The van der Waals surface area contributed by atoms with Crippen molar-refractivity contribution < 1.29 is 0 Å². The molecule has 0 bridgehead atoms. The van der Waals surface area contributed by atoms with Crippen LogP contribution in [0.1, 0.15) is 5.56 Å². The van der Waals surface area contributed by atoms with Gasteiger partial charge in [0.2, 0.25) is 0 Å². The molecule has 0 aliphatic heterocycles. The first kappa shape index (κ1) is 9.36. The van der Waals surface area contributed by atoms with Crippen LogP contribution in [0.2, 0.25) is 10.0 Å². The lowest BCUT2D eigenvalue weighted by atomic mass is 10.2. The van der Waals surface area contributed by atoms with Crippen molar-refractivity contribution in [3.05, 3.63) is 33.8 Å². The van der Waals surface area contributed by atoms with Crippen molar-refractivity contribution in [1.82, 2.24) is 0 Å². The first-order valence-corrected chi connectivity index (χ1v) is 4.13. The van der Waals surface area contributed by atoms with Crippen LogP contribution in [0, 0.1) is 0 Å². The van der Waals surface area contributed by atoms with Gasteiger partial charge in [0.1, 0.15) is 0 Å². The van der Waals surface area contributed by atoms with E-state index in [1.54, 1.807) is 12.1 Å². The van der Waals surface area contributed by atoms with E-state index in [1.165, 1.54) is 6.34 Å². The summed E-state index contributed by atoms with van der Waals surface area (Å²) in [4.78, 5) is 3.86. The molecule has 0 heterocycles. The second-order valence-corrected chi connectivity index (χ2v) is 3.07. The highest BCUT2D eigenvalue weighted by Gasteiger charge is 1.98. The van der Waals surface area contributed by atoms with Crippen LogP contribution in [-0.4, -0.2) is 6.34 Å². The first-order valence-electron chi connectivity index (χ1n) is 3.38. The molecule has 0 aromatic heterocycles. The Kier molecular flexibility index (Phi) is 3.38. The number of nitrogens with two attached hydrogens (primary N) is 1. The molecular weight excluding hydrogens is 195 g/mol. The molecule has 0 saturated heterocycles. The van der Waals surface area contributed by atoms with Crippen molar-refractivity contribution in [2.75, 3.05) is 0 Å². The summed E-state index contributed by atoms with van der Waals surface area (Å²) in [6.45, 7) is 0.493. The summed E-state index contributed by atoms with van der Waals surface area (Å²) in [6.07, 6.45) is 1.25. The van der Waals surface area contributed by atoms with Crippen molar-refractivity contribution in [1.29, 1.82) is 0 Å². The third kappa shape index (κ3) is 2.40. The molecule has 0 atom stereocenters. The summed E-state index contributed by atoms with van der Waals surface area (Å²) in [5, 5.41) is 1.24. The third-order valence-corrected chi connectivity index (χ3v) is 1.97. The van der Waals surface area contributed by atoms with Crippen LogP contribution in [0.3, 0.4) is 0 Å². The zero-order valence-electron chi connectivity index (χ0n) is 6.30. The van der Waals surface area contributed by atoms with Crippen LogP contribution in [0.5, 0.6) is 0 Å². The average Bonchev–Trinajstić information content (AvgIpc) is 2.03. The standard InChI is InChI=1S/C8H8Cl2N2/c9-7-2-1-6(4-12-5-11)8(10)3-7/h1-3,5H,4H2,(H2,11,12). The molecule has 2 N–H and O–H groups in total. The Morgan fingerprint density at radius 1 is 1.42 bits per heavy atom. The maximum atomic E-state index is 5.87. The molecular formula is C8H8Cl2N2. The predicted molar refractivity (Wildman–Crippen MR) is 52.8 cm³/mol. The monoisotopic (exact) mass is 202 g/mol. The summed E-state index contributed by atoms with van der Waals surface area (Å²) in [6, 6.07) is 5.29. The molecule has 0 aliphatic carbocycles. The molecule has 0 spiro atoms. The molecule has 4 heteroatoms. The molecule has 0 fully saturated rings. The Morgan fingerprint density at radius 3 is 2.75 bits per heavy atom. The van der Waals surface area contributed by atoms with Gasteiger partial charge in [0.15, 0.2) is 0 Å². The lowest BCUT2D eigenvalue weighted by molar-refractivity contribution is 1.07. The van der Waals surface area contributed by atoms with Crippen molar-refractivity contribution in [3.63, 3.8) is 0 Å². The van der Waals surface area contributed by atoms with Gasteiger partial charge in [0, 0.05) is 10.0 Å². The fourth-order valence-electron chi connectivity index (χ4n) is 0.801. The van der Waals surface area contributed by atoms with Gasteiger partial charge < -0.3 is 5.73 Å². The summed E-state index contributed by atoms with van der Waals surface area (Å²) in [5.41, 5.74) is 6.01. The molecule has 1 aromatic carbocycles. The van der Waals surface area contributed by atoms with Crippen molar-refractivity contribution in [3.8, 4) is 0 Å². The molecule has 0 unspecified atom stereocenters. The fourth-order valence-corrected chi connectivity index (χ4v) is 1.27. The lowest BCUT2D eigenvalue weighted by Crippen LogP contribution is -1.90. The van der Waals surface area contributed by atoms with Gasteiger partial charge in [-0.3, -0.25) is 4.99 Å². The van der Waals surface area contributed by atoms with Gasteiger partial charge in [-0.1, -0.05) is 29.3 Å². The fraction of sp³-hybridized carbons (Fsp3) is 0.125. The van der Waals surface area contributed by atoms with E-state index in [4.69, 9.17) is 28.9 Å².